The summed E-state index contributed by atoms with van der Waals surface area (Å²) in [5, 5.41) is 18.0. The molecule has 2 heterocycles. The Morgan fingerprint density at radius 1 is 1.31 bits per heavy atom. The summed E-state index contributed by atoms with van der Waals surface area (Å²) in [6, 6.07) is 9.94. The Bertz CT molecular complexity index is 1120. The zero-order valence-electron chi connectivity index (χ0n) is 20.2. The molecule has 1 saturated heterocycles. The number of nitrogens with zero attached hydrogens (tertiary/aromatic N) is 2. The van der Waals surface area contributed by atoms with Crippen molar-refractivity contribution >= 4 is 45.4 Å². The molecule has 0 bridgehead atoms. The van der Waals surface area contributed by atoms with Crippen molar-refractivity contribution in [2.45, 2.75) is 25.4 Å². The van der Waals surface area contributed by atoms with E-state index in [2.05, 4.69) is 18.4 Å². The van der Waals surface area contributed by atoms with E-state index < -0.39 is 11.4 Å². The predicted octanol–water partition coefficient (Wildman–Crippen LogP) is 5.79. The fourth-order valence-electron chi connectivity index (χ4n) is 3.61. The van der Waals surface area contributed by atoms with Crippen LogP contribution in [-0.4, -0.2) is 64.3 Å². The average Bonchev–Trinajstić information content (AvgIpc) is 3.39. The molecule has 1 aliphatic rings. The SMILES string of the molecule is C=C/C=C(/CCN1C(=O)SCCN1CC[C@@H](O)Cc1cccc(C#Cc2ccsc2)c1)SC(=O)OC. The van der Waals surface area contributed by atoms with Gasteiger partial charge in [0, 0.05) is 41.9 Å². The highest BCUT2D eigenvalue weighted by molar-refractivity contribution is 8.16. The van der Waals surface area contributed by atoms with E-state index >= 15 is 0 Å². The number of carbonyl (C=O) groups is 2. The summed E-state index contributed by atoms with van der Waals surface area (Å²) in [4.78, 5) is 25.0. The third-order valence-electron chi connectivity index (χ3n) is 5.37. The Balaban J connectivity index is 1.54. The maximum absolute atomic E-state index is 12.6. The molecule has 1 amide bonds. The van der Waals surface area contributed by atoms with Gasteiger partial charge in [-0.2, -0.15) is 11.3 Å². The van der Waals surface area contributed by atoms with Crippen molar-refractivity contribution in [1.29, 1.82) is 0 Å². The minimum atomic E-state index is -0.539. The van der Waals surface area contributed by atoms with Crippen LogP contribution in [0.1, 0.15) is 29.5 Å². The molecule has 0 spiro atoms. The van der Waals surface area contributed by atoms with Crippen LogP contribution in [0.2, 0.25) is 0 Å². The van der Waals surface area contributed by atoms with Gasteiger partial charge in [0.25, 0.3) is 5.24 Å². The zero-order chi connectivity index (χ0) is 25.8. The first-order valence-corrected chi connectivity index (χ1v) is 14.3. The standard InChI is InChI=1S/C27H30N2O4S3/c1-3-5-25(36-27(32)33-2)11-14-29-26(31)35-17-15-28(29)13-10-24(30)19-23-7-4-6-21(18-23)8-9-22-12-16-34-20-22/h3-7,12,16,18,20,24,30H,1,10-11,13-15,17,19H2,2H3/b25-5-/t24-/m1/s1. The second kappa shape index (κ2) is 14.9. The van der Waals surface area contributed by atoms with Gasteiger partial charge in [0.2, 0.25) is 0 Å². The molecule has 0 radical (unpaired) electrons. The Morgan fingerprint density at radius 2 is 2.14 bits per heavy atom. The first-order valence-electron chi connectivity index (χ1n) is 11.6. The van der Waals surface area contributed by atoms with Crippen LogP contribution in [0, 0.1) is 11.8 Å². The van der Waals surface area contributed by atoms with Crippen molar-refractivity contribution in [2.75, 3.05) is 32.5 Å². The number of aliphatic hydroxyl groups excluding tert-OH is 1. The highest BCUT2D eigenvalue weighted by Gasteiger charge is 2.27. The first-order chi connectivity index (χ1) is 17.5. The topological polar surface area (TPSA) is 70.1 Å². The van der Waals surface area contributed by atoms with Crippen LogP contribution >= 0.6 is 34.9 Å². The smallest absolute Gasteiger partial charge is 0.371 e. The van der Waals surface area contributed by atoms with Gasteiger partial charge in [-0.25, -0.2) is 9.80 Å². The van der Waals surface area contributed by atoms with Gasteiger partial charge in [-0.1, -0.05) is 54.5 Å². The van der Waals surface area contributed by atoms with Crippen LogP contribution in [0.4, 0.5) is 9.59 Å². The number of aliphatic hydroxyl groups is 1. The Morgan fingerprint density at radius 3 is 2.89 bits per heavy atom. The number of allylic oxidation sites excluding steroid dienone is 2. The summed E-state index contributed by atoms with van der Waals surface area (Å²) in [6.07, 6.45) is 4.40. The van der Waals surface area contributed by atoms with Gasteiger partial charge in [-0.3, -0.25) is 9.80 Å². The van der Waals surface area contributed by atoms with Crippen molar-refractivity contribution in [3.8, 4) is 11.8 Å². The molecular weight excluding hydrogens is 513 g/mol. The van der Waals surface area contributed by atoms with Crippen molar-refractivity contribution in [2.24, 2.45) is 0 Å². The van der Waals surface area contributed by atoms with Crippen LogP contribution < -0.4 is 0 Å². The van der Waals surface area contributed by atoms with Gasteiger partial charge in [0.05, 0.1) is 13.2 Å². The first kappa shape index (κ1) is 28.1. The predicted molar refractivity (Wildman–Crippen MR) is 150 cm³/mol. The molecule has 2 aromatic rings. The molecule has 0 unspecified atom stereocenters. The minimum absolute atomic E-state index is 0.0198. The molecule has 3 rings (SSSR count). The third kappa shape index (κ3) is 9.19. The summed E-state index contributed by atoms with van der Waals surface area (Å²) in [5.41, 5.74) is 2.95. The molecule has 1 aromatic heterocycles. The number of hydrogen-bond donors (Lipinski definition) is 1. The Kier molecular flexibility index (Phi) is 11.7. The number of ether oxygens (including phenoxy) is 1. The highest BCUT2D eigenvalue weighted by atomic mass is 32.2. The molecule has 1 N–H and O–H groups in total. The lowest BCUT2D eigenvalue weighted by Gasteiger charge is -2.38. The second-order valence-corrected chi connectivity index (χ2v) is 10.9. The number of benzene rings is 1. The van der Waals surface area contributed by atoms with E-state index in [0.29, 0.717) is 38.1 Å². The van der Waals surface area contributed by atoms with Crippen molar-refractivity contribution in [1.82, 2.24) is 10.0 Å². The Hall–Kier alpha value is -2.48. The molecule has 0 aliphatic carbocycles. The van der Waals surface area contributed by atoms with Crippen molar-refractivity contribution < 1.29 is 19.4 Å². The van der Waals surface area contributed by atoms with E-state index in [0.717, 1.165) is 39.9 Å². The molecule has 6 nitrogen and oxygen atoms in total. The highest BCUT2D eigenvalue weighted by Crippen LogP contribution is 2.25. The van der Waals surface area contributed by atoms with E-state index in [4.69, 9.17) is 4.74 Å². The van der Waals surface area contributed by atoms with Crippen LogP contribution in [-0.2, 0) is 11.2 Å². The number of thiophene rings is 1. The van der Waals surface area contributed by atoms with Crippen molar-refractivity contribution in [3.63, 3.8) is 0 Å². The maximum atomic E-state index is 12.6. The monoisotopic (exact) mass is 542 g/mol. The largest absolute Gasteiger partial charge is 0.461 e. The van der Waals surface area contributed by atoms with Gasteiger partial charge < -0.3 is 9.84 Å². The van der Waals surface area contributed by atoms with E-state index in [1.165, 1.54) is 18.9 Å². The number of thioether (sulfide) groups is 2. The summed E-state index contributed by atoms with van der Waals surface area (Å²) >= 11 is 3.91. The Labute approximate surface area is 225 Å². The number of amides is 1. The number of methoxy groups -OCH3 is 1. The molecule has 9 heteroatoms. The van der Waals surface area contributed by atoms with Gasteiger partial charge in [-0.15, -0.1) is 0 Å². The molecule has 1 aliphatic heterocycles. The third-order valence-corrected chi connectivity index (χ3v) is 7.84. The molecule has 0 saturated carbocycles. The van der Waals surface area contributed by atoms with Crippen molar-refractivity contribution in [3.05, 3.63) is 81.4 Å². The fraction of sp³-hybridized carbons (Fsp3) is 0.333. The number of hydrazine groups is 1. The summed E-state index contributed by atoms with van der Waals surface area (Å²) in [5.74, 6) is 7.05. The fourth-order valence-corrected chi connectivity index (χ4v) is 5.68. The van der Waals surface area contributed by atoms with E-state index in [1.807, 2.05) is 46.1 Å². The van der Waals surface area contributed by atoms with E-state index in [-0.39, 0.29) is 5.24 Å². The molecule has 36 heavy (non-hydrogen) atoms. The maximum Gasteiger partial charge on any atom is 0.371 e. The number of rotatable bonds is 10. The summed E-state index contributed by atoms with van der Waals surface area (Å²) in [6.45, 7) is 5.43. The van der Waals surface area contributed by atoms with Gasteiger partial charge >= 0.3 is 5.30 Å². The lowest BCUT2D eigenvalue weighted by molar-refractivity contribution is 0.0150. The lowest BCUT2D eigenvalue weighted by Crippen LogP contribution is -2.50. The van der Waals surface area contributed by atoms with Gasteiger partial charge in [-0.05, 0) is 65.1 Å². The number of carbonyl (C=O) groups excluding carboxylic acids is 2. The summed E-state index contributed by atoms with van der Waals surface area (Å²) < 4.78 is 4.73. The molecular formula is C27H30N2O4S3. The molecule has 1 aromatic carbocycles. The number of hydrogen-bond acceptors (Lipinski definition) is 8. The van der Waals surface area contributed by atoms with Crippen LogP contribution in [0.25, 0.3) is 0 Å². The minimum Gasteiger partial charge on any atom is -0.461 e. The quantitative estimate of drug-likeness (QED) is 0.232. The van der Waals surface area contributed by atoms with E-state index in [1.54, 1.807) is 28.5 Å². The second-order valence-electron chi connectivity index (χ2n) is 7.98. The summed E-state index contributed by atoms with van der Waals surface area (Å²) in [7, 11) is 1.34. The van der Waals surface area contributed by atoms with Gasteiger partial charge in [0.15, 0.2) is 0 Å². The zero-order valence-corrected chi connectivity index (χ0v) is 22.7. The van der Waals surface area contributed by atoms with Crippen LogP contribution in [0.5, 0.6) is 0 Å². The van der Waals surface area contributed by atoms with Crippen LogP contribution in [0.15, 0.2) is 64.7 Å². The van der Waals surface area contributed by atoms with Gasteiger partial charge in [0.1, 0.15) is 0 Å². The van der Waals surface area contributed by atoms with Crippen LogP contribution in [0.3, 0.4) is 0 Å². The molecule has 190 valence electrons. The van der Waals surface area contributed by atoms with E-state index in [9.17, 15) is 14.7 Å². The normalized spacial score (nSPS) is 15.2. The molecule has 1 fully saturated rings. The molecule has 1 atom stereocenters. The lowest BCUT2D eigenvalue weighted by atomic mass is 10.0. The average molecular weight is 543 g/mol.